The van der Waals surface area contributed by atoms with Crippen molar-refractivity contribution in [1.29, 1.82) is 0 Å². The zero-order valence-electron chi connectivity index (χ0n) is 12.4. The average Bonchev–Trinajstić information content (AvgIpc) is 2.45. The molecule has 6 nitrogen and oxygen atoms in total. The smallest absolute Gasteiger partial charge is 0.239 e. The molecule has 0 aromatic heterocycles. The number of sulfone groups is 1. The van der Waals surface area contributed by atoms with Crippen LogP contribution in [0.5, 0.6) is 0 Å². The monoisotopic (exact) mass is 314 g/mol. The number of rotatable bonds is 9. The minimum absolute atomic E-state index is 0.0162. The maximum absolute atomic E-state index is 12.2. The van der Waals surface area contributed by atoms with Crippen LogP contribution in [0.3, 0.4) is 0 Å². The molecular formula is C14H22N2O4S. The Morgan fingerprint density at radius 2 is 2.00 bits per heavy atom. The molecule has 0 saturated carbocycles. The molecule has 0 aliphatic carbocycles. The lowest BCUT2D eigenvalue weighted by Gasteiger charge is -2.12. The molecule has 0 radical (unpaired) electrons. The van der Waals surface area contributed by atoms with Crippen LogP contribution in [0.4, 0.5) is 5.69 Å². The van der Waals surface area contributed by atoms with Crippen LogP contribution >= 0.6 is 0 Å². The molecule has 0 heterocycles. The van der Waals surface area contributed by atoms with Crippen LogP contribution in [0.25, 0.3) is 0 Å². The number of hydrogen-bond acceptors (Lipinski definition) is 5. The van der Waals surface area contributed by atoms with Gasteiger partial charge in [-0.2, -0.15) is 0 Å². The summed E-state index contributed by atoms with van der Waals surface area (Å²) in [4.78, 5) is 11.8. The first-order chi connectivity index (χ1) is 10.0. The fourth-order valence-electron chi connectivity index (χ4n) is 1.79. The second kappa shape index (κ2) is 8.63. The molecule has 1 rings (SSSR count). The third kappa shape index (κ3) is 5.73. The van der Waals surface area contributed by atoms with Crippen molar-refractivity contribution in [2.24, 2.45) is 0 Å². The van der Waals surface area contributed by atoms with Crippen LogP contribution in [0.2, 0.25) is 0 Å². The molecule has 0 bridgehead atoms. The van der Waals surface area contributed by atoms with Crippen LogP contribution in [-0.2, 0) is 19.4 Å². The number of carbonyl (C=O) groups is 1. The van der Waals surface area contributed by atoms with Gasteiger partial charge in [0.2, 0.25) is 5.91 Å². The van der Waals surface area contributed by atoms with E-state index in [0.717, 1.165) is 0 Å². The molecule has 118 valence electrons. The number of hydrogen-bond donors (Lipinski definition) is 2. The van der Waals surface area contributed by atoms with Gasteiger partial charge in [0.25, 0.3) is 0 Å². The number of anilines is 1. The lowest BCUT2D eigenvalue weighted by Crippen LogP contribution is -2.32. The molecule has 21 heavy (non-hydrogen) atoms. The molecule has 0 saturated heterocycles. The third-order valence-corrected chi connectivity index (χ3v) is 4.73. The van der Waals surface area contributed by atoms with E-state index in [9.17, 15) is 13.2 Å². The largest absolute Gasteiger partial charge is 0.383 e. The summed E-state index contributed by atoms with van der Waals surface area (Å²) in [5.41, 5.74) is 0.452. The highest BCUT2D eigenvalue weighted by Gasteiger charge is 2.17. The summed E-state index contributed by atoms with van der Waals surface area (Å²) in [5, 5.41) is 5.53. The van der Waals surface area contributed by atoms with E-state index < -0.39 is 9.84 Å². The quantitative estimate of drug-likeness (QED) is 0.665. The number of nitrogens with one attached hydrogen (secondary N) is 2. The van der Waals surface area contributed by atoms with Crippen molar-refractivity contribution < 1.29 is 17.9 Å². The first kappa shape index (κ1) is 17.5. The molecule has 0 unspecified atom stereocenters. The van der Waals surface area contributed by atoms with E-state index in [4.69, 9.17) is 4.74 Å². The summed E-state index contributed by atoms with van der Waals surface area (Å²) < 4.78 is 29.1. The number of para-hydroxylation sites is 1. The fraction of sp³-hybridized carbons (Fsp3) is 0.500. The van der Waals surface area contributed by atoms with Crippen molar-refractivity contribution in [3.8, 4) is 0 Å². The summed E-state index contributed by atoms with van der Waals surface area (Å²) >= 11 is 0. The molecular weight excluding hydrogens is 292 g/mol. The Morgan fingerprint density at radius 1 is 1.29 bits per heavy atom. The molecule has 0 aliphatic heterocycles. The SMILES string of the molecule is CCCS(=O)(=O)c1ccccc1NCC(=O)NCCOC. The lowest BCUT2D eigenvalue weighted by atomic mass is 10.3. The number of amides is 1. The predicted molar refractivity (Wildman–Crippen MR) is 82.2 cm³/mol. The van der Waals surface area contributed by atoms with Gasteiger partial charge < -0.3 is 15.4 Å². The molecule has 1 aromatic carbocycles. The van der Waals surface area contributed by atoms with Gasteiger partial charge in [0.05, 0.1) is 29.5 Å². The maximum atomic E-state index is 12.2. The minimum atomic E-state index is -3.32. The molecule has 1 amide bonds. The van der Waals surface area contributed by atoms with E-state index in [2.05, 4.69) is 10.6 Å². The standard InChI is InChI=1S/C14H22N2O4S/c1-3-10-21(18,19)13-7-5-4-6-12(13)16-11-14(17)15-8-9-20-2/h4-7,16H,3,8-11H2,1-2H3,(H,15,17). The maximum Gasteiger partial charge on any atom is 0.239 e. The van der Waals surface area contributed by atoms with Gasteiger partial charge >= 0.3 is 0 Å². The molecule has 7 heteroatoms. The van der Waals surface area contributed by atoms with Gasteiger partial charge in [0.1, 0.15) is 0 Å². The van der Waals surface area contributed by atoms with Gasteiger partial charge in [0.15, 0.2) is 9.84 Å². The third-order valence-electron chi connectivity index (χ3n) is 2.76. The predicted octanol–water partition coefficient (Wildman–Crippen LogP) is 1.04. The van der Waals surface area contributed by atoms with Gasteiger partial charge in [0, 0.05) is 13.7 Å². The summed E-state index contributed by atoms with van der Waals surface area (Å²) in [6.07, 6.45) is 0.550. The van der Waals surface area contributed by atoms with Crippen molar-refractivity contribution in [2.45, 2.75) is 18.2 Å². The molecule has 0 aliphatic rings. The van der Waals surface area contributed by atoms with Crippen LogP contribution in [-0.4, -0.2) is 46.9 Å². The molecule has 0 fully saturated rings. The van der Waals surface area contributed by atoms with Crippen molar-refractivity contribution >= 4 is 21.4 Å². The molecule has 2 N–H and O–H groups in total. The van der Waals surface area contributed by atoms with E-state index in [1.165, 1.54) is 0 Å². The average molecular weight is 314 g/mol. The van der Waals surface area contributed by atoms with E-state index in [-0.39, 0.29) is 23.1 Å². The second-order valence-corrected chi connectivity index (χ2v) is 6.59. The van der Waals surface area contributed by atoms with E-state index in [1.807, 2.05) is 6.92 Å². The molecule has 0 atom stereocenters. The van der Waals surface area contributed by atoms with Crippen molar-refractivity contribution in [2.75, 3.05) is 37.9 Å². The summed E-state index contributed by atoms with van der Waals surface area (Å²) in [6.45, 7) is 2.69. The van der Waals surface area contributed by atoms with E-state index >= 15 is 0 Å². The Balaban J connectivity index is 2.70. The van der Waals surface area contributed by atoms with Crippen LogP contribution < -0.4 is 10.6 Å². The van der Waals surface area contributed by atoms with Crippen LogP contribution in [0, 0.1) is 0 Å². The van der Waals surface area contributed by atoms with Crippen molar-refractivity contribution in [3.63, 3.8) is 0 Å². The first-order valence-corrected chi connectivity index (χ1v) is 8.47. The summed E-state index contributed by atoms with van der Waals surface area (Å²) in [5.74, 6) is -0.124. The Kier molecular flexibility index (Phi) is 7.18. The molecule has 1 aromatic rings. The van der Waals surface area contributed by atoms with Crippen molar-refractivity contribution in [1.82, 2.24) is 5.32 Å². The zero-order valence-corrected chi connectivity index (χ0v) is 13.2. The zero-order chi connectivity index (χ0) is 15.7. The lowest BCUT2D eigenvalue weighted by molar-refractivity contribution is -0.119. The summed E-state index contributed by atoms with van der Waals surface area (Å²) in [6, 6.07) is 6.61. The van der Waals surface area contributed by atoms with Crippen LogP contribution in [0.15, 0.2) is 29.2 Å². The van der Waals surface area contributed by atoms with Gasteiger partial charge in [-0.25, -0.2) is 8.42 Å². The second-order valence-electron chi connectivity index (χ2n) is 4.51. The summed E-state index contributed by atoms with van der Waals surface area (Å²) in [7, 11) is -1.77. The first-order valence-electron chi connectivity index (χ1n) is 6.82. The highest BCUT2D eigenvalue weighted by Crippen LogP contribution is 2.22. The van der Waals surface area contributed by atoms with E-state index in [1.54, 1.807) is 31.4 Å². The highest BCUT2D eigenvalue weighted by atomic mass is 32.2. The number of ether oxygens (including phenoxy) is 1. The van der Waals surface area contributed by atoms with E-state index in [0.29, 0.717) is 25.3 Å². The van der Waals surface area contributed by atoms with Crippen LogP contribution in [0.1, 0.15) is 13.3 Å². The Bertz CT molecular complexity index is 558. The van der Waals surface area contributed by atoms with Gasteiger partial charge in [-0.1, -0.05) is 19.1 Å². The number of benzene rings is 1. The normalized spacial score (nSPS) is 11.1. The number of carbonyl (C=O) groups excluding carboxylic acids is 1. The Morgan fingerprint density at radius 3 is 2.67 bits per heavy atom. The molecule has 0 spiro atoms. The minimum Gasteiger partial charge on any atom is -0.383 e. The van der Waals surface area contributed by atoms with Gasteiger partial charge in [-0.05, 0) is 18.6 Å². The number of methoxy groups -OCH3 is 1. The fourth-order valence-corrected chi connectivity index (χ4v) is 3.31. The Labute approximate surface area is 125 Å². The Hall–Kier alpha value is -1.60. The van der Waals surface area contributed by atoms with Crippen molar-refractivity contribution in [3.05, 3.63) is 24.3 Å². The highest BCUT2D eigenvalue weighted by molar-refractivity contribution is 7.91. The van der Waals surface area contributed by atoms with Gasteiger partial charge in [-0.15, -0.1) is 0 Å². The van der Waals surface area contributed by atoms with Gasteiger partial charge in [-0.3, -0.25) is 4.79 Å². The topological polar surface area (TPSA) is 84.5 Å².